The van der Waals surface area contributed by atoms with Crippen LogP contribution in [0, 0.1) is 13.8 Å². The molecule has 1 unspecified atom stereocenters. The van der Waals surface area contributed by atoms with E-state index in [1.165, 1.54) is 0 Å². The van der Waals surface area contributed by atoms with Crippen LogP contribution in [0.2, 0.25) is 5.02 Å². The third-order valence-electron chi connectivity index (χ3n) is 4.12. The summed E-state index contributed by atoms with van der Waals surface area (Å²) in [5.41, 5.74) is 3.51. The molecule has 0 spiro atoms. The summed E-state index contributed by atoms with van der Waals surface area (Å²) in [6.45, 7) is 6.78. The number of carbonyl (C=O) groups is 1. The minimum Gasteiger partial charge on any atom is -0.311 e. The molecule has 1 atom stereocenters. The Labute approximate surface area is 134 Å². The summed E-state index contributed by atoms with van der Waals surface area (Å²) in [4.78, 5) is 12.1. The molecule has 0 aliphatic carbocycles. The number of unbranched alkanes of at least 4 members (excludes halogenated alkanes) is 1. The molecule has 118 valence electrons. The van der Waals surface area contributed by atoms with Crippen LogP contribution in [-0.4, -0.2) is 25.9 Å². The number of nitrogens with one attached hydrogen (secondary N) is 2. The summed E-state index contributed by atoms with van der Waals surface area (Å²) in [5, 5.41) is 15.4. The van der Waals surface area contributed by atoms with Crippen molar-refractivity contribution in [1.29, 1.82) is 0 Å². The average Bonchev–Trinajstić information content (AvgIpc) is 2.97. The Balaban J connectivity index is 2.08. The molecular weight excluding hydrogens is 302 g/mol. The number of aryl methyl sites for hydroxylation is 3. The molecule has 0 bridgehead atoms. The van der Waals surface area contributed by atoms with Gasteiger partial charge in [0, 0.05) is 24.4 Å². The summed E-state index contributed by atoms with van der Waals surface area (Å²) >= 11 is 6.35. The molecule has 0 aromatic carbocycles. The topological polar surface area (TPSA) is 75.6 Å². The molecule has 2 N–H and O–H groups in total. The van der Waals surface area contributed by atoms with Crippen molar-refractivity contribution in [2.75, 3.05) is 5.32 Å². The van der Waals surface area contributed by atoms with E-state index >= 15 is 0 Å². The fourth-order valence-corrected chi connectivity index (χ4v) is 3.20. The van der Waals surface area contributed by atoms with Crippen molar-refractivity contribution in [3.8, 4) is 0 Å². The number of hydrogen-bond acceptors (Lipinski definition) is 3. The predicted molar refractivity (Wildman–Crippen MR) is 85.3 cm³/mol. The van der Waals surface area contributed by atoms with Gasteiger partial charge in [0.25, 0.3) is 0 Å². The van der Waals surface area contributed by atoms with Crippen molar-refractivity contribution in [2.45, 2.75) is 52.5 Å². The van der Waals surface area contributed by atoms with Crippen LogP contribution in [0.15, 0.2) is 0 Å². The summed E-state index contributed by atoms with van der Waals surface area (Å²) in [7, 11) is 0. The second-order valence-corrected chi connectivity index (χ2v) is 6.16. The van der Waals surface area contributed by atoms with Gasteiger partial charge in [0.1, 0.15) is 5.82 Å². The van der Waals surface area contributed by atoms with Crippen LogP contribution < -0.4 is 5.32 Å². The highest BCUT2D eigenvalue weighted by atomic mass is 35.5. The van der Waals surface area contributed by atoms with Crippen LogP contribution in [0.5, 0.6) is 0 Å². The van der Waals surface area contributed by atoms with Gasteiger partial charge in [-0.05, 0) is 20.3 Å². The quantitative estimate of drug-likeness (QED) is 0.908. The molecule has 0 saturated heterocycles. The molecule has 1 aliphatic heterocycles. The maximum atomic E-state index is 12.1. The van der Waals surface area contributed by atoms with Crippen LogP contribution >= 0.6 is 11.6 Å². The van der Waals surface area contributed by atoms with E-state index in [-0.39, 0.29) is 11.8 Å². The number of rotatable bonds is 4. The van der Waals surface area contributed by atoms with Gasteiger partial charge >= 0.3 is 0 Å². The average molecular weight is 322 g/mol. The number of H-pyrrole nitrogens is 1. The third kappa shape index (κ3) is 2.41. The van der Waals surface area contributed by atoms with Gasteiger partial charge in [-0.3, -0.25) is 9.89 Å². The Hall–Kier alpha value is -1.82. The minimum atomic E-state index is -0.142. The molecule has 0 radical (unpaired) electrons. The lowest BCUT2D eigenvalue weighted by Gasteiger charge is -2.23. The lowest BCUT2D eigenvalue weighted by atomic mass is 9.89. The summed E-state index contributed by atoms with van der Waals surface area (Å²) in [5.74, 6) is 0.632. The molecule has 1 amide bonds. The first-order chi connectivity index (χ1) is 10.5. The van der Waals surface area contributed by atoms with Crippen molar-refractivity contribution in [3.63, 3.8) is 0 Å². The van der Waals surface area contributed by atoms with Crippen molar-refractivity contribution in [1.82, 2.24) is 20.0 Å². The van der Waals surface area contributed by atoms with Gasteiger partial charge in [-0.15, -0.1) is 0 Å². The Bertz CT molecular complexity index is 718. The lowest BCUT2D eigenvalue weighted by molar-refractivity contribution is -0.116. The minimum absolute atomic E-state index is 0.0214. The predicted octanol–water partition coefficient (Wildman–Crippen LogP) is 3.15. The molecular formula is C15H20ClN5O. The van der Waals surface area contributed by atoms with E-state index in [9.17, 15) is 4.79 Å². The van der Waals surface area contributed by atoms with Gasteiger partial charge in [0.2, 0.25) is 5.91 Å². The Morgan fingerprint density at radius 2 is 2.18 bits per heavy atom. The van der Waals surface area contributed by atoms with Crippen LogP contribution in [0.3, 0.4) is 0 Å². The summed E-state index contributed by atoms with van der Waals surface area (Å²) < 4.78 is 1.89. The number of aromatic amines is 1. The highest BCUT2D eigenvalue weighted by molar-refractivity contribution is 6.32. The zero-order chi connectivity index (χ0) is 15.9. The van der Waals surface area contributed by atoms with E-state index in [1.54, 1.807) is 0 Å². The van der Waals surface area contributed by atoms with Crippen LogP contribution in [-0.2, 0) is 11.3 Å². The summed E-state index contributed by atoms with van der Waals surface area (Å²) in [6.07, 6.45) is 2.45. The second-order valence-electron chi connectivity index (χ2n) is 5.78. The fraction of sp³-hybridized carbons (Fsp3) is 0.533. The van der Waals surface area contributed by atoms with E-state index in [4.69, 9.17) is 11.6 Å². The number of aromatic nitrogens is 4. The maximum absolute atomic E-state index is 12.1. The van der Waals surface area contributed by atoms with Crippen LogP contribution in [0.4, 0.5) is 5.82 Å². The third-order valence-corrected chi connectivity index (χ3v) is 4.60. The highest BCUT2D eigenvalue weighted by Gasteiger charge is 2.34. The van der Waals surface area contributed by atoms with E-state index in [1.807, 2.05) is 18.5 Å². The number of hydrogen-bond donors (Lipinski definition) is 2. The van der Waals surface area contributed by atoms with Crippen molar-refractivity contribution < 1.29 is 4.79 Å². The first-order valence-electron chi connectivity index (χ1n) is 7.60. The molecule has 2 aromatic rings. The Morgan fingerprint density at radius 3 is 2.82 bits per heavy atom. The zero-order valence-electron chi connectivity index (χ0n) is 13.0. The van der Waals surface area contributed by atoms with Crippen LogP contribution in [0.1, 0.15) is 54.7 Å². The zero-order valence-corrected chi connectivity index (χ0v) is 13.8. The first kappa shape index (κ1) is 15.1. The lowest BCUT2D eigenvalue weighted by Crippen LogP contribution is -2.25. The van der Waals surface area contributed by atoms with Gasteiger partial charge < -0.3 is 5.32 Å². The SMILES string of the molecule is CCCCn1nc(C)c2c1NC(=O)CC2c1n[nH]c(C)c1Cl. The highest BCUT2D eigenvalue weighted by Crippen LogP contribution is 2.41. The van der Waals surface area contributed by atoms with E-state index in [0.29, 0.717) is 11.4 Å². The molecule has 22 heavy (non-hydrogen) atoms. The number of anilines is 1. The molecule has 6 nitrogen and oxygen atoms in total. The van der Waals surface area contributed by atoms with Gasteiger partial charge in [0.15, 0.2) is 0 Å². The first-order valence-corrected chi connectivity index (χ1v) is 7.98. The van der Waals surface area contributed by atoms with Gasteiger partial charge in [-0.2, -0.15) is 10.2 Å². The Kier molecular flexibility index (Phi) is 3.95. The number of fused-ring (bicyclic) bond motifs is 1. The number of halogens is 1. The number of nitrogens with zero attached hydrogens (tertiary/aromatic N) is 3. The van der Waals surface area contributed by atoms with Gasteiger partial charge in [0.05, 0.1) is 22.1 Å². The smallest absolute Gasteiger partial charge is 0.226 e. The second kappa shape index (κ2) is 5.76. The summed E-state index contributed by atoms with van der Waals surface area (Å²) in [6, 6.07) is 0. The molecule has 7 heteroatoms. The van der Waals surface area contributed by atoms with Crippen LogP contribution in [0.25, 0.3) is 0 Å². The van der Waals surface area contributed by atoms with Crippen molar-refractivity contribution in [3.05, 3.63) is 27.7 Å². The van der Waals surface area contributed by atoms with Crippen molar-refractivity contribution in [2.24, 2.45) is 0 Å². The Morgan fingerprint density at radius 1 is 1.41 bits per heavy atom. The molecule has 3 heterocycles. The molecule has 1 aliphatic rings. The largest absolute Gasteiger partial charge is 0.311 e. The van der Waals surface area contributed by atoms with E-state index < -0.39 is 0 Å². The number of carbonyl (C=O) groups excluding carboxylic acids is 1. The van der Waals surface area contributed by atoms with E-state index in [2.05, 4.69) is 27.5 Å². The maximum Gasteiger partial charge on any atom is 0.226 e. The monoisotopic (exact) mass is 321 g/mol. The standard InChI is InChI=1S/C15H20ClN5O/c1-4-5-6-21-15-12(8(2)20-21)10(7-11(22)17-15)14-13(16)9(3)18-19-14/h10H,4-7H2,1-3H3,(H,17,22)(H,18,19). The molecule has 2 aromatic heterocycles. The molecule has 0 fully saturated rings. The molecule has 0 saturated carbocycles. The normalized spacial score (nSPS) is 17.5. The van der Waals surface area contributed by atoms with Crippen molar-refractivity contribution >= 4 is 23.3 Å². The molecule has 3 rings (SSSR count). The van der Waals surface area contributed by atoms with E-state index in [0.717, 1.165) is 47.8 Å². The van der Waals surface area contributed by atoms with Gasteiger partial charge in [-0.1, -0.05) is 24.9 Å². The number of amides is 1. The fourth-order valence-electron chi connectivity index (χ4n) is 2.98. The van der Waals surface area contributed by atoms with Gasteiger partial charge in [-0.25, -0.2) is 4.68 Å².